The second kappa shape index (κ2) is 7.92. The molecule has 3 rings (SSSR count). The van der Waals surface area contributed by atoms with Gasteiger partial charge in [-0.25, -0.2) is 4.79 Å². The van der Waals surface area contributed by atoms with Crippen LogP contribution in [0, 0.1) is 0 Å². The van der Waals surface area contributed by atoms with Gasteiger partial charge in [-0.3, -0.25) is 14.5 Å². The molecular formula is C18H21N3O4S. The molecule has 2 heterocycles. The van der Waals surface area contributed by atoms with Gasteiger partial charge in [-0.2, -0.15) is 0 Å². The number of β-lactam (4-membered cyclic amide) rings is 1. The Hall–Kier alpha value is -2.32. The number of benzene rings is 1. The van der Waals surface area contributed by atoms with Crippen LogP contribution in [0.15, 0.2) is 40.9 Å². The topological polar surface area (TPSA) is 113 Å². The highest BCUT2D eigenvalue weighted by molar-refractivity contribution is 8.03. The van der Waals surface area contributed by atoms with Gasteiger partial charge in [0, 0.05) is 11.3 Å². The first kappa shape index (κ1) is 18.5. The van der Waals surface area contributed by atoms with Crippen molar-refractivity contribution in [2.75, 3.05) is 12.3 Å². The van der Waals surface area contributed by atoms with Crippen LogP contribution in [0.1, 0.15) is 18.4 Å². The maximum atomic E-state index is 12.4. The molecule has 0 radical (unpaired) electrons. The zero-order valence-corrected chi connectivity index (χ0v) is 15.0. The quantitative estimate of drug-likeness (QED) is 0.456. The monoisotopic (exact) mass is 375 g/mol. The Morgan fingerprint density at radius 2 is 2.04 bits per heavy atom. The van der Waals surface area contributed by atoms with Crippen LogP contribution in [0.5, 0.6) is 0 Å². The maximum absolute atomic E-state index is 12.4. The Morgan fingerprint density at radius 3 is 2.69 bits per heavy atom. The standard InChI is InChI=1S/C18H21N3O4S/c19-7-4-8-26-13-10-12-15(17(23)21(12)16(13)18(24)25)20-14(22)9-11-5-2-1-3-6-11/h1-3,5-6,12,15H,4,7-10,19H2,(H,20,22)(H,24,25). The zero-order chi connectivity index (χ0) is 18.7. The van der Waals surface area contributed by atoms with Gasteiger partial charge in [0.05, 0.1) is 12.5 Å². The van der Waals surface area contributed by atoms with Crippen molar-refractivity contribution in [1.29, 1.82) is 0 Å². The van der Waals surface area contributed by atoms with Gasteiger partial charge < -0.3 is 16.2 Å². The smallest absolute Gasteiger partial charge is 0.353 e. The molecule has 2 aliphatic heterocycles. The van der Waals surface area contributed by atoms with E-state index in [4.69, 9.17) is 5.73 Å². The van der Waals surface area contributed by atoms with E-state index in [2.05, 4.69) is 5.32 Å². The van der Waals surface area contributed by atoms with Crippen LogP contribution in [-0.2, 0) is 20.8 Å². The summed E-state index contributed by atoms with van der Waals surface area (Å²) in [7, 11) is 0. The van der Waals surface area contributed by atoms with Crippen molar-refractivity contribution in [3.63, 3.8) is 0 Å². The number of fused-ring (bicyclic) bond motifs is 1. The van der Waals surface area contributed by atoms with Gasteiger partial charge in [0.15, 0.2) is 0 Å². The second-order valence-corrected chi connectivity index (χ2v) is 7.44. The van der Waals surface area contributed by atoms with E-state index in [1.165, 1.54) is 16.7 Å². The van der Waals surface area contributed by atoms with Crippen LogP contribution in [-0.4, -0.2) is 52.2 Å². The van der Waals surface area contributed by atoms with Crippen molar-refractivity contribution in [1.82, 2.24) is 10.2 Å². The number of carbonyl (C=O) groups is 3. The predicted octanol–water partition coefficient (Wildman–Crippen LogP) is 0.707. The molecule has 7 nitrogen and oxygen atoms in total. The number of hydrogen-bond donors (Lipinski definition) is 3. The van der Waals surface area contributed by atoms with Crippen molar-refractivity contribution >= 4 is 29.5 Å². The van der Waals surface area contributed by atoms with Crippen molar-refractivity contribution in [3.8, 4) is 0 Å². The number of thioether (sulfide) groups is 1. The van der Waals surface area contributed by atoms with E-state index >= 15 is 0 Å². The second-order valence-electron chi connectivity index (χ2n) is 6.25. The zero-order valence-electron chi connectivity index (χ0n) is 14.2. The fourth-order valence-electron chi connectivity index (χ4n) is 3.24. The molecule has 0 aliphatic carbocycles. The van der Waals surface area contributed by atoms with E-state index in [-0.39, 0.29) is 30.0 Å². The lowest BCUT2D eigenvalue weighted by Crippen LogP contribution is -2.68. The number of carbonyl (C=O) groups excluding carboxylic acids is 2. The first-order valence-corrected chi connectivity index (χ1v) is 9.47. The van der Waals surface area contributed by atoms with Crippen molar-refractivity contribution < 1.29 is 19.5 Å². The van der Waals surface area contributed by atoms with Gasteiger partial charge in [-0.15, -0.1) is 11.8 Å². The first-order chi connectivity index (χ1) is 12.5. The first-order valence-electron chi connectivity index (χ1n) is 8.48. The van der Waals surface area contributed by atoms with E-state index in [9.17, 15) is 19.5 Å². The number of carboxylic acid groups (broad SMARTS) is 1. The average molecular weight is 375 g/mol. The Bertz CT molecular complexity index is 750. The molecule has 2 unspecified atom stereocenters. The lowest BCUT2D eigenvalue weighted by molar-refractivity contribution is -0.152. The van der Waals surface area contributed by atoms with Crippen LogP contribution >= 0.6 is 11.8 Å². The number of rotatable bonds is 8. The summed E-state index contributed by atoms with van der Waals surface area (Å²) >= 11 is 1.43. The number of amides is 2. The minimum Gasteiger partial charge on any atom is -0.477 e. The number of nitrogens with one attached hydrogen (secondary N) is 1. The number of hydrogen-bond acceptors (Lipinski definition) is 5. The van der Waals surface area contributed by atoms with Gasteiger partial charge in [0.25, 0.3) is 5.91 Å². The fraction of sp³-hybridized carbons (Fsp3) is 0.389. The summed E-state index contributed by atoms with van der Waals surface area (Å²) in [6.07, 6.45) is 1.42. The highest BCUT2D eigenvalue weighted by Crippen LogP contribution is 2.43. The molecule has 2 amide bonds. The van der Waals surface area contributed by atoms with Crippen LogP contribution in [0.4, 0.5) is 0 Å². The summed E-state index contributed by atoms with van der Waals surface area (Å²) in [5.41, 5.74) is 6.39. The molecule has 1 aromatic carbocycles. The molecule has 0 spiro atoms. The number of nitrogens with two attached hydrogens (primary N) is 1. The molecule has 0 aromatic heterocycles. The number of aliphatic carboxylic acids is 1. The molecule has 2 atom stereocenters. The van der Waals surface area contributed by atoms with Gasteiger partial charge in [-0.05, 0) is 24.3 Å². The summed E-state index contributed by atoms with van der Waals surface area (Å²) in [4.78, 5) is 38.2. The number of carboxylic acids is 1. The molecule has 1 saturated heterocycles. The Labute approximate surface area is 155 Å². The van der Waals surface area contributed by atoms with E-state index in [0.29, 0.717) is 23.6 Å². The minimum absolute atomic E-state index is 0.0515. The lowest BCUT2D eigenvalue weighted by atomic mass is 9.95. The molecule has 1 aromatic rings. The normalized spacial score (nSPS) is 21.4. The van der Waals surface area contributed by atoms with Crippen LogP contribution in [0.25, 0.3) is 0 Å². The fourth-order valence-corrected chi connectivity index (χ4v) is 4.41. The minimum atomic E-state index is -1.11. The third-order valence-corrected chi connectivity index (χ3v) is 5.67. The average Bonchev–Trinajstić information content (AvgIpc) is 2.96. The molecule has 2 aliphatic rings. The highest BCUT2D eigenvalue weighted by Gasteiger charge is 2.55. The Morgan fingerprint density at radius 1 is 1.31 bits per heavy atom. The molecule has 4 N–H and O–H groups in total. The molecule has 138 valence electrons. The van der Waals surface area contributed by atoms with Gasteiger partial charge >= 0.3 is 5.97 Å². The third-order valence-electron chi connectivity index (χ3n) is 4.47. The summed E-state index contributed by atoms with van der Waals surface area (Å²) < 4.78 is 0. The Balaban J connectivity index is 1.63. The SMILES string of the molecule is NCCCSC1=C(C(=O)O)N2C(=O)C(NC(=O)Cc3ccccc3)C2C1. The summed E-state index contributed by atoms with van der Waals surface area (Å²) in [5.74, 6) is -0.994. The third kappa shape index (κ3) is 3.61. The van der Waals surface area contributed by atoms with E-state index in [0.717, 1.165) is 12.0 Å². The molecule has 0 saturated carbocycles. The predicted molar refractivity (Wildman–Crippen MR) is 98.1 cm³/mol. The van der Waals surface area contributed by atoms with E-state index in [1.807, 2.05) is 30.3 Å². The maximum Gasteiger partial charge on any atom is 0.353 e. The summed E-state index contributed by atoms with van der Waals surface area (Å²) in [6.45, 7) is 0.535. The number of nitrogens with zero attached hydrogens (tertiary/aromatic N) is 1. The van der Waals surface area contributed by atoms with Crippen LogP contribution in [0.3, 0.4) is 0 Å². The van der Waals surface area contributed by atoms with Crippen LogP contribution in [0.2, 0.25) is 0 Å². The van der Waals surface area contributed by atoms with Gasteiger partial charge in [0.1, 0.15) is 11.7 Å². The summed E-state index contributed by atoms with van der Waals surface area (Å²) in [5, 5.41) is 12.2. The molecule has 26 heavy (non-hydrogen) atoms. The largest absolute Gasteiger partial charge is 0.477 e. The summed E-state index contributed by atoms with van der Waals surface area (Å²) in [6, 6.07) is 8.30. The van der Waals surface area contributed by atoms with Gasteiger partial charge in [0.2, 0.25) is 5.91 Å². The molecule has 0 bridgehead atoms. The van der Waals surface area contributed by atoms with Crippen molar-refractivity contribution in [2.45, 2.75) is 31.3 Å². The Kier molecular flexibility index (Phi) is 5.63. The lowest BCUT2D eigenvalue weighted by Gasteiger charge is -2.43. The van der Waals surface area contributed by atoms with Crippen LogP contribution < -0.4 is 11.1 Å². The van der Waals surface area contributed by atoms with Gasteiger partial charge in [-0.1, -0.05) is 30.3 Å². The molecule has 8 heteroatoms. The van der Waals surface area contributed by atoms with Crippen molar-refractivity contribution in [3.05, 3.63) is 46.5 Å². The molecule has 1 fully saturated rings. The molecular weight excluding hydrogens is 354 g/mol. The van der Waals surface area contributed by atoms with E-state index < -0.39 is 12.0 Å². The highest BCUT2D eigenvalue weighted by atomic mass is 32.2. The van der Waals surface area contributed by atoms with Crippen molar-refractivity contribution in [2.24, 2.45) is 5.73 Å². The van der Waals surface area contributed by atoms with E-state index in [1.54, 1.807) is 0 Å².